The molecule has 186 valence electrons. The van der Waals surface area contributed by atoms with Gasteiger partial charge in [0.1, 0.15) is 12.6 Å². The molecule has 8 nitrogen and oxygen atoms in total. The molecule has 1 aromatic heterocycles. The predicted molar refractivity (Wildman–Crippen MR) is 127 cm³/mol. The second kappa shape index (κ2) is 11.1. The quantitative estimate of drug-likeness (QED) is 0.494. The van der Waals surface area contributed by atoms with Crippen LogP contribution in [0.4, 0.5) is 0 Å². The Morgan fingerprint density at radius 3 is 2.50 bits per heavy atom. The number of carbonyl (C=O) groups is 2. The summed E-state index contributed by atoms with van der Waals surface area (Å²) in [5.74, 6) is -1.48. The Bertz CT molecular complexity index is 954. The van der Waals surface area contributed by atoms with E-state index in [1.165, 1.54) is 0 Å². The molecular formula is C26H37N3O5. The molecule has 1 aliphatic heterocycles. The summed E-state index contributed by atoms with van der Waals surface area (Å²) in [5.41, 5.74) is 1.08. The van der Waals surface area contributed by atoms with Gasteiger partial charge in [0.2, 0.25) is 11.7 Å². The molecule has 0 bridgehead atoms. The molecule has 1 N–H and O–H groups in total. The van der Waals surface area contributed by atoms with Crippen LogP contribution in [-0.4, -0.2) is 33.3 Å². The number of imidazole rings is 1. The normalized spacial score (nSPS) is 19.3. The SMILES string of the molecule is CC(C)C[C@@H](C(=O)N[C@H](c1nccn1COCc1ccccc1)C(C)C)[C@@H]1OC(C)(C)OC1=O. The van der Waals surface area contributed by atoms with E-state index in [0.717, 1.165) is 5.56 Å². The molecule has 1 amide bonds. The highest BCUT2D eigenvalue weighted by Crippen LogP contribution is 2.32. The first-order valence-corrected chi connectivity index (χ1v) is 11.9. The van der Waals surface area contributed by atoms with Crippen molar-refractivity contribution in [2.45, 2.75) is 79.2 Å². The number of nitrogens with one attached hydrogen (secondary N) is 1. The van der Waals surface area contributed by atoms with Crippen molar-refractivity contribution in [1.29, 1.82) is 0 Å². The molecule has 0 spiro atoms. The van der Waals surface area contributed by atoms with Crippen molar-refractivity contribution >= 4 is 11.9 Å². The summed E-state index contributed by atoms with van der Waals surface area (Å²) >= 11 is 0. The molecule has 2 aromatic rings. The third-order valence-electron chi connectivity index (χ3n) is 5.75. The number of esters is 1. The zero-order chi connectivity index (χ0) is 24.9. The molecule has 0 radical (unpaired) electrons. The molecule has 1 fully saturated rings. The molecule has 0 unspecified atom stereocenters. The van der Waals surface area contributed by atoms with Gasteiger partial charge in [0.15, 0.2) is 6.10 Å². The van der Waals surface area contributed by atoms with Crippen molar-refractivity contribution < 1.29 is 23.8 Å². The highest BCUT2D eigenvalue weighted by Gasteiger charge is 2.48. The lowest BCUT2D eigenvalue weighted by atomic mass is 9.90. The van der Waals surface area contributed by atoms with Crippen LogP contribution in [0.2, 0.25) is 0 Å². The number of aromatic nitrogens is 2. The first-order chi connectivity index (χ1) is 16.1. The third-order valence-corrected chi connectivity index (χ3v) is 5.75. The summed E-state index contributed by atoms with van der Waals surface area (Å²) in [6, 6.07) is 9.59. The second-order valence-corrected chi connectivity index (χ2v) is 10.0. The van der Waals surface area contributed by atoms with E-state index in [0.29, 0.717) is 25.6 Å². The molecule has 1 aromatic carbocycles. The number of amides is 1. The Hall–Kier alpha value is -2.71. The van der Waals surface area contributed by atoms with Crippen LogP contribution in [0.5, 0.6) is 0 Å². The van der Waals surface area contributed by atoms with Crippen LogP contribution in [0.15, 0.2) is 42.7 Å². The van der Waals surface area contributed by atoms with Crippen LogP contribution in [0, 0.1) is 17.8 Å². The van der Waals surface area contributed by atoms with Crippen molar-refractivity contribution in [3.63, 3.8) is 0 Å². The van der Waals surface area contributed by atoms with Crippen molar-refractivity contribution in [3.8, 4) is 0 Å². The maximum absolute atomic E-state index is 13.5. The van der Waals surface area contributed by atoms with Crippen molar-refractivity contribution in [3.05, 3.63) is 54.1 Å². The van der Waals surface area contributed by atoms with Gasteiger partial charge in [-0.1, -0.05) is 58.0 Å². The van der Waals surface area contributed by atoms with E-state index in [4.69, 9.17) is 14.2 Å². The van der Waals surface area contributed by atoms with Gasteiger partial charge < -0.3 is 24.1 Å². The summed E-state index contributed by atoms with van der Waals surface area (Å²) in [4.78, 5) is 30.5. The van der Waals surface area contributed by atoms with Crippen LogP contribution in [0.3, 0.4) is 0 Å². The molecule has 8 heteroatoms. The van der Waals surface area contributed by atoms with E-state index in [9.17, 15) is 9.59 Å². The van der Waals surface area contributed by atoms with Crippen LogP contribution >= 0.6 is 0 Å². The first-order valence-electron chi connectivity index (χ1n) is 11.9. The van der Waals surface area contributed by atoms with Crippen molar-refractivity contribution in [2.75, 3.05) is 0 Å². The Labute approximate surface area is 202 Å². The summed E-state index contributed by atoms with van der Waals surface area (Å²) in [6.45, 7) is 12.2. The van der Waals surface area contributed by atoms with Gasteiger partial charge in [0, 0.05) is 26.2 Å². The minimum absolute atomic E-state index is 0.0619. The fourth-order valence-electron chi connectivity index (χ4n) is 4.14. The summed E-state index contributed by atoms with van der Waals surface area (Å²) in [5, 5.41) is 3.13. The van der Waals surface area contributed by atoms with Crippen molar-refractivity contribution in [2.24, 2.45) is 17.8 Å². The van der Waals surface area contributed by atoms with Crippen molar-refractivity contribution in [1.82, 2.24) is 14.9 Å². The topological polar surface area (TPSA) is 91.7 Å². The smallest absolute Gasteiger partial charge is 0.338 e. The highest BCUT2D eigenvalue weighted by molar-refractivity contribution is 5.88. The molecule has 3 rings (SSSR count). The highest BCUT2D eigenvalue weighted by atomic mass is 16.8. The third kappa shape index (κ3) is 6.67. The van der Waals surface area contributed by atoms with Gasteiger partial charge in [0.25, 0.3) is 0 Å². The lowest BCUT2D eigenvalue weighted by Crippen LogP contribution is -2.44. The Balaban J connectivity index is 1.73. The molecule has 0 saturated carbocycles. The lowest BCUT2D eigenvalue weighted by molar-refractivity contribution is -0.162. The van der Waals surface area contributed by atoms with E-state index >= 15 is 0 Å². The molecule has 2 heterocycles. The van der Waals surface area contributed by atoms with Gasteiger partial charge >= 0.3 is 5.97 Å². The van der Waals surface area contributed by atoms with E-state index in [1.54, 1.807) is 20.0 Å². The maximum atomic E-state index is 13.5. The average molecular weight is 472 g/mol. The number of benzene rings is 1. The standard InChI is InChI=1S/C26H37N3O5/c1-17(2)14-20(22-25(31)34-26(5,6)33-22)24(30)28-21(18(3)4)23-27-12-13-29(23)16-32-15-19-10-8-7-9-11-19/h7-13,17-18,20-22H,14-16H2,1-6H3,(H,28,30)/t20-,21+,22+/m1/s1. The van der Waals surface area contributed by atoms with Crippen LogP contribution in [-0.2, 0) is 37.1 Å². The molecule has 1 aliphatic rings. The molecular weight excluding hydrogens is 434 g/mol. The molecule has 1 saturated heterocycles. The largest absolute Gasteiger partial charge is 0.432 e. The fraction of sp³-hybridized carbons (Fsp3) is 0.577. The van der Waals surface area contributed by atoms with E-state index in [-0.39, 0.29) is 23.8 Å². The Kier molecular flexibility index (Phi) is 8.49. The number of cyclic esters (lactones) is 1. The van der Waals surface area contributed by atoms with Gasteiger partial charge in [-0.25, -0.2) is 9.78 Å². The average Bonchev–Trinajstić information content (AvgIpc) is 3.33. The van der Waals surface area contributed by atoms with E-state index in [1.807, 2.05) is 68.8 Å². The molecule has 3 atom stereocenters. The summed E-state index contributed by atoms with van der Waals surface area (Å²) in [7, 11) is 0. The zero-order valence-corrected chi connectivity index (χ0v) is 21.0. The number of ether oxygens (including phenoxy) is 3. The van der Waals surface area contributed by atoms with Crippen LogP contribution < -0.4 is 5.32 Å². The Morgan fingerprint density at radius 1 is 1.21 bits per heavy atom. The number of hydrogen-bond donors (Lipinski definition) is 1. The number of hydrogen-bond acceptors (Lipinski definition) is 6. The number of rotatable bonds is 11. The second-order valence-electron chi connectivity index (χ2n) is 10.0. The van der Waals surface area contributed by atoms with Gasteiger partial charge in [-0.2, -0.15) is 0 Å². The van der Waals surface area contributed by atoms with Crippen LogP contribution in [0.25, 0.3) is 0 Å². The molecule has 0 aliphatic carbocycles. The fourth-order valence-corrected chi connectivity index (χ4v) is 4.14. The molecule has 34 heavy (non-hydrogen) atoms. The maximum Gasteiger partial charge on any atom is 0.338 e. The van der Waals surface area contributed by atoms with E-state index in [2.05, 4.69) is 10.3 Å². The Morgan fingerprint density at radius 2 is 1.91 bits per heavy atom. The minimum atomic E-state index is -1.04. The van der Waals surface area contributed by atoms with E-state index < -0.39 is 23.8 Å². The summed E-state index contributed by atoms with van der Waals surface area (Å²) < 4.78 is 18.9. The van der Waals surface area contributed by atoms with Gasteiger partial charge in [0.05, 0.1) is 18.6 Å². The van der Waals surface area contributed by atoms with Gasteiger partial charge in [-0.3, -0.25) is 4.79 Å². The monoisotopic (exact) mass is 471 g/mol. The number of nitrogens with zero attached hydrogens (tertiary/aromatic N) is 2. The van der Waals surface area contributed by atoms with Gasteiger partial charge in [-0.15, -0.1) is 0 Å². The zero-order valence-electron chi connectivity index (χ0n) is 21.0. The van der Waals surface area contributed by atoms with Crippen LogP contribution in [0.1, 0.15) is 65.4 Å². The van der Waals surface area contributed by atoms with Gasteiger partial charge in [-0.05, 0) is 23.8 Å². The lowest BCUT2D eigenvalue weighted by Gasteiger charge is -2.28. The first kappa shape index (κ1) is 25.9. The predicted octanol–water partition coefficient (Wildman–Crippen LogP) is 4.21. The summed E-state index contributed by atoms with van der Waals surface area (Å²) in [6.07, 6.45) is 3.11. The number of carbonyl (C=O) groups excluding carboxylic acids is 2. The minimum Gasteiger partial charge on any atom is -0.432 e.